The van der Waals surface area contributed by atoms with Gasteiger partial charge in [-0.05, 0) is 24.8 Å². The first-order chi connectivity index (χ1) is 6.24. The summed E-state index contributed by atoms with van der Waals surface area (Å²) in [5.74, 6) is 0.704. The van der Waals surface area contributed by atoms with Crippen LogP contribution in [0.2, 0.25) is 0 Å². The minimum absolute atomic E-state index is 0.500. The molecule has 0 spiro atoms. The molecule has 0 nitrogen and oxygen atoms in total. The predicted molar refractivity (Wildman–Crippen MR) is 56.9 cm³/mol. The number of benzene rings is 1. The Balaban J connectivity index is 0.000000671. The van der Waals surface area contributed by atoms with Crippen molar-refractivity contribution in [2.24, 2.45) is 0 Å². The van der Waals surface area contributed by atoms with Gasteiger partial charge in [0.15, 0.2) is 0 Å². The highest BCUT2D eigenvalue weighted by Gasteiger charge is 2.00. The molecule has 0 aromatic heterocycles. The van der Waals surface area contributed by atoms with Gasteiger partial charge < -0.3 is 0 Å². The fourth-order valence-electron chi connectivity index (χ4n) is 1.13. The molecule has 1 heteroatoms. The molecule has 13 heavy (non-hydrogen) atoms. The molecule has 0 aliphatic carbocycles. The summed E-state index contributed by atoms with van der Waals surface area (Å²) in [5.41, 5.74) is 2.80. The predicted octanol–water partition coefficient (Wildman–Crippen LogP) is 4.09. The monoisotopic (exact) mass is 182 g/mol. The van der Waals surface area contributed by atoms with Crippen molar-refractivity contribution in [1.82, 2.24) is 0 Å². The summed E-state index contributed by atoms with van der Waals surface area (Å²) >= 11 is 0. The van der Waals surface area contributed by atoms with E-state index in [0.717, 1.165) is 0 Å². The van der Waals surface area contributed by atoms with E-state index in [1.54, 1.807) is 0 Å². The Morgan fingerprint density at radius 2 is 1.62 bits per heavy atom. The lowest BCUT2D eigenvalue weighted by atomic mass is 9.98. The van der Waals surface area contributed by atoms with E-state index in [2.05, 4.69) is 45.0 Å². The fraction of sp³-hybridized carbons (Fsp3) is 0.500. The van der Waals surface area contributed by atoms with Crippen LogP contribution in [0.25, 0.3) is 0 Å². The third kappa shape index (κ3) is 4.07. The van der Waals surface area contributed by atoms with Gasteiger partial charge in [0.2, 0.25) is 0 Å². The van der Waals surface area contributed by atoms with Gasteiger partial charge in [-0.15, -0.1) is 0 Å². The third-order valence-electron chi connectivity index (χ3n) is 2.26. The molecule has 0 bridgehead atoms. The number of hydrogen-bond donors (Lipinski definition) is 0. The number of aryl methyl sites for hydroxylation is 1. The third-order valence-corrected chi connectivity index (χ3v) is 2.26. The zero-order valence-corrected chi connectivity index (χ0v) is 8.97. The number of hydrogen-bond acceptors (Lipinski definition) is 0. The molecule has 74 valence electrons. The molecule has 0 N–H and O–H groups in total. The van der Waals surface area contributed by atoms with E-state index in [4.69, 9.17) is 0 Å². The standard InChI is InChI=1S/C11H16.CH3F/c1-4-10(3)11-7-5-9(2)6-8-11;1-2/h5-8,10H,4H2,1-3H3;1H3/t10-;/m1./s1. The number of rotatable bonds is 2. The maximum atomic E-state index is 9.50. The minimum atomic E-state index is 0.500. The normalized spacial score (nSPS) is 11.5. The van der Waals surface area contributed by atoms with Crippen LogP contribution in [0.3, 0.4) is 0 Å². The molecule has 0 saturated heterocycles. The van der Waals surface area contributed by atoms with Crippen LogP contribution < -0.4 is 0 Å². The maximum Gasteiger partial charge on any atom is 0.0785 e. The Morgan fingerprint density at radius 1 is 1.15 bits per heavy atom. The Labute approximate surface area is 80.8 Å². The molecule has 0 heterocycles. The molecular formula is C12H19F. The molecule has 0 amide bonds. The molecule has 0 fully saturated rings. The van der Waals surface area contributed by atoms with Crippen molar-refractivity contribution in [3.8, 4) is 0 Å². The average molecular weight is 182 g/mol. The summed E-state index contributed by atoms with van der Waals surface area (Å²) in [6.45, 7) is 6.62. The molecule has 1 rings (SSSR count). The summed E-state index contributed by atoms with van der Waals surface area (Å²) in [6, 6.07) is 8.82. The first kappa shape index (κ1) is 12.2. The fourth-order valence-corrected chi connectivity index (χ4v) is 1.13. The highest BCUT2D eigenvalue weighted by Crippen LogP contribution is 2.18. The topological polar surface area (TPSA) is 0 Å². The SMILES string of the molecule is CC[C@@H](C)c1ccc(C)cc1.CF. The average Bonchev–Trinajstić information content (AvgIpc) is 2.21. The lowest BCUT2D eigenvalue weighted by molar-refractivity contribution is 0.636. The molecule has 1 aromatic carbocycles. The van der Waals surface area contributed by atoms with Gasteiger partial charge in [0.05, 0.1) is 7.18 Å². The second-order valence-electron chi connectivity index (χ2n) is 3.22. The van der Waals surface area contributed by atoms with Crippen LogP contribution in [0.4, 0.5) is 4.39 Å². The molecule has 0 aliphatic heterocycles. The van der Waals surface area contributed by atoms with Crippen LogP contribution in [-0.4, -0.2) is 7.18 Å². The zero-order chi connectivity index (χ0) is 10.3. The largest absolute Gasteiger partial charge is 0.255 e. The van der Waals surface area contributed by atoms with E-state index in [1.165, 1.54) is 17.5 Å². The van der Waals surface area contributed by atoms with E-state index in [9.17, 15) is 4.39 Å². The molecule has 0 saturated carbocycles. The zero-order valence-electron chi connectivity index (χ0n) is 8.97. The summed E-state index contributed by atoms with van der Waals surface area (Å²) in [6.07, 6.45) is 1.23. The Bertz CT molecular complexity index is 213. The van der Waals surface area contributed by atoms with Crippen molar-refractivity contribution in [3.05, 3.63) is 35.4 Å². The smallest absolute Gasteiger partial charge is 0.0785 e. The minimum Gasteiger partial charge on any atom is -0.255 e. The van der Waals surface area contributed by atoms with E-state index >= 15 is 0 Å². The van der Waals surface area contributed by atoms with Gasteiger partial charge in [-0.3, -0.25) is 4.39 Å². The summed E-state index contributed by atoms with van der Waals surface area (Å²) in [4.78, 5) is 0. The number of halogens is 1. The van der Waals surface area contributed by atoms with Crippen molar-refractivity contribution in [3.63, 3.8) is 0 Å². The van der Waals surface area contributed by atoms with Crippen LogP contribution in [0.5, 0.6) is 0 Å². The first-order valence-electron chi connectivity index (χ1n) is 4.68. The summed E-state index contributed by atoms with van der Waals surface area (Å²) < 4.78 is 9.50. The highest BCUT2D eigenvalue weighted by atomic mass is 19.1. The number of alkyl halides is 1. The van der Waals surface area contributed by atoms with Crippen LogP contribution in [0.15, 0.2) is 24.3 Å². The molecule has 1 aromatic rings. The van der Waals surface area contributed by atoms with Gasteiger partial charge in [-0.2, -0.15) is 0 Å². The van der Waals surface area contributed by atoms with Crippen LogP contribution >= 0.6 is 0 Å². The Morgan fingerprint density at radius 3 is 2.00 bits per heavy atom. The van der Waals surface area contributed by atoms with Gasteiger partial charge in [0.25, 0.3) is 0 Å². The molecule has 0 unspecified atom stereocenters. The van der Waals surface area contributed by atoms with E-state index in [1.807, 2.05) is 0 Å². The quantitative estimate of drug-likeness (QED) is 0.646. The van der Waals surface area contributed by atoms with E-state index in [0.29, 0.717) is 13.1 Å². The molecule has 0 aliphatic rings. The van der Waals surface area contributed by atoms with Gasteiger partial charge in [-0.25, -0.2) is 0 Å². The van der Waals surface area contributed by atoms with Crippen molar-refractivity contribution in [2.45, 2.75) is 33.1 Å². The molecule has 0 radical (unpaired) electrons. The molecular weight excluding hydrogens is 163 g/mol. The first-order valence-corrected chi connectivity index (χ1v) is 4.68. The second-order valence-corrected chi connectivity index (χ2v) is 3.22. The Kier molecular flexibility index (Phi) is 6.21. The van der Waals surface area contributed by atoms with Crippen LogP contribution in [0.1, 0.15) is 37.3 Å². The van der Waals surface area contributed by atoms with Gasteiger partial charge in [-0.1, -0.05) is 43.7 Å². The van der Waals surface area contributed by atoms with Crippen molar-refractivity contribution < 1.29 is 4.39 Å². The Hall–Kier alpha value is -0.850. The van der Waals surface area contributed by atoms with Crippen molar-refractivity contribution >= 4 is 0 Å². The summed E-state index contributed by atoms with van der Waals surface area (Å²) in [5, 5.41) is 0. The van der Waals surface area contributed by atoms with Gasteiger partial charge in [0, 0.05) is 0 Å². The van der Waals surface area contributed by atoms with Gasteiger partial charge >= 0.3 is 0 Å². The maximum absolute atomic E-state index is 9.50. The van der Waals surface area contributed by atoms with Crippen LogP contribution in [-0.2, 0) is 0 Å². The second kappa shape index (κ2) is 6.64. The van der Waals surface area contributed by atoms with E-state index in [-0.39, 0.29) is 0 Å². The lowest BCUT2D eigenvalue weighted by Gasteiger charge is -2.07. The van der Waals surface area contributed by atoms with E-state index < -0.39 is 0 Å². The van der Waals surface area contributed by atoms with Gasteiger partial charge in [0.1, 0.15) is 0 Å². The van der Waals surface area contributed by atoms with Crippen LogP contribution in [0, 0.1) is 6.92 Å². The lowest BCUT2D eigenvalue weighted by Crippen LogP contribution is -1.89. The molecule has 1 atom stereocenters. The highest BCUT2D eigenvalue weighted by molar-refractivity contribution is 5.23. The van der Waals surface area contributed by atoms with Crippen molar-refractivity contribution in [1.29, 1.82) is 0 Å². The summed E-state index contributed by atoms with van der Waals surface area (Å²) in [7, 11) is 0.500. The van der Waals surface area contributed by atoms with Crippen molar-refractivity contribution in [2.75, 3.05) is 7.18 Å².